The normalized spacial score (nSPS) is 21.8. The van der Waals surface area contributed by atoms with Crippen LogP contribution in [0.3, 0.4) is 0 Å². The minimum atomic E-state index is 0. The summed E-state index contributed by atoms with van der Waals surface area (Å²) < 4.78 is 0. The van der Waals surface area contributed by atoms with Crippen molar-refractivity contribution in [1.29, 1.82) is 0 Å². The number of rotatable bonds is 1. The van der Waals surface area contributed by atoms with Crippen molar-refractivity contribution in [3.63, 3.8) is 0 Å². The summed E-state index contributed by atoms with van der Waals surface area (Å²) in [5.74, 6) is 0. The average Bonchev–Trinajstić information content (AvgIpc) is 2.16. The molecule has 0 amide bonds. The fraction of sp³-hybridized carbons (Fsp3) is 0.600. The van der Waals surface area contributed by atoms with Crippen molar-refractivity contribution in [2.45, 2.75) is 58.0 Å². The van der Waals surface area contributed by atoms with Crippen molar-refractivity contribution < 1.29 is 0 Å². The number of nitrogens with zero attached hydrogens (tertiary/aromatic N) is 1. The van der Waals surface area contributed by atoms with Crippen LogP contribution in [0.1, 0.15) is 47.0 Å². The van der Waals surface area contributed by atoms with Gasteiger partial charge in [-0.25, -0.2) is 0 Å². The summed E-state index contributed by atoms with van der Waals surface area (Å²) in [6.45, 7) is 9.45. The van der Waals surface area contributed by atoms with Crippen LogP contribution in [0.15, 0.2) is 30.3 Å². The Morgan fingerprint density at radius 3 is 1.82 bits per heavy atom. The maximum absolute atomic E-state index is 2.60. The van der Waals surface area contributed by atoms with Crippen molar-refractivity contribution in [1.82, 2.24) is 0 Å². The molecule has 0 spiro atoms. The molecule has 0 aliphatic carbocycles. The first-order valence-electron chi connectivity index (χ1n) is 6.29. The van der Waals surface area contributed by atoms with Crippen LogP contribution in [-0.4, -0.2) is 40.6 Å². The fourth-order valence-electron chi connectivity index (χ4n) is 3.27. The quantitative estimate of drug-likeness (QED) is 0.679. The summed E-state index contributed by atoms with van der Waals surface area (Å²) in [5, 5.41) is 0. The summed E-state index contributed by atoms with van der Waals surface area (Å²) in [5.41, 5.74) is 1.89. The zero-order valence-electron chi connectivity index (χ0n) is 11.0. The van der Waals surface area contributed by atoms with Crippen molar-refractivity contribution >= 4 is 35.2 Å². The van der Waals surface area contributed by atoms with Crippen LogP contribution in [0.25, 0.3) is 0 Å². The van der Waals surface area contributed by atoms with E-state index in [-0.39, 0.29) is 40.6 Å². The Kier molecular flexibility index (Phi) is 4.73. The molecule has 1 nitrogen and oxygen atoms in total. The van der Waals surface area contributed by atoms with Gasteiger partial charge in [-0.2, -0.15) is 0 Å². The Balaban J connectivity index is 0.00000144. The molecule has 2 rings (SSSR count). The Hall–Kier alpha value is 0.0200. The van der Waals surface area contributed by atoms with E-state index in [1.807, 2.05) is 0 Å². The van der Waals surface area contributed by atoms with Gasteiger partial charge in [0.1, 0.15) is 0 Å². The molecule has 0 bridgehead atoms. The van der Waals surface area contributed by atoms with E-state index in [0.717, 1.165) is 0 Å². The molecule has 1 saturated heterocycles. The van der Waals surface area contributed by atoms with E-state index in [1.165, 1.54) is 24.9 Å². The third-order valence-electron chi connectivity index (χ3n) is 3.80. The molecule has 0 atom stereocenters. The van der Waals surface area contributed by atoms with E-state index in [9.17, 15) is 0 Å². The van der Waals surface area contributed by atoms with E-state index in [0.29, 0.717) is 0 Å². The molecule has 90 valence electrons. The van der Waals surface area contributed by atoms with Gasteiger partial charge in [0, 0.05) is 16.8 Å². The minimum absolute atomic E-state index is 0. The maximum atomic E-state index is 2.60. The summed E-state index contributed by atoms with van der Waals surface area (Å²) in [6, 6.07) is 10.8. The van der Waals surface area contributed by atoms with Gasteiger partial charge in [-0.15, -0.1) is 0 Å². The van der Waals surface area contributed by atoms with Gasteiger partial charge in [-0.1, -0.05) is 18.2 Å². The molecular formula is C15H24NNa. The average molecular weight is 241 g/mol. The predicted octanol–water partition coefficient (Wildman–Crippen LogP) is 3.59. The van der Waals surface area contributed by atoms with Crippen LogP contribution >= 0.6 is 0 Å². The van der Waals surface area contributed by atoms with Gasteiger partial charge in [0.15, 0.2) is 0 Å². The Bertz CT molecular complexity index is 340. The molecular weight excluding hydrogens is 217 g/mol. The monoisotopic (exact) mass is 241 g/mol. The van der Waals surface area contributed by atoms with Crippen molar-refractivity contribution in [2.24, 2.45) is 0 Å². The summed E-state index contributed by atoms with van der Waals surface area (Å²) in [4.78, 5) is 2.60. The molecule has 2 heteroatoms. The molecule has 17 heavy (non-hydrogen) atoms. The van der Waals surface area contributed by atoms with Gasteiger partial charge in [0.2, 0.25) is 0 Å². The van der Waals surface area contributed by atoms with Gasteiger partial charge < -0.3 is 4.90 Å². The fourth-order valence-corrected chi connectivity index (χ4v) is 3.27. The van der Waals surface area contributed by atoms with Crippen LogP contribution in [0.4, 0.5) is 5.69 Å². The van der Waals surface area contributed by atoms with E-state index in [1.54, 1.807) is 0 Å². The third-order valence-corrected chi connectivity index (χ3v) is 3.80. The van der Waals surface area contributed by atoms with Crippen molar-refractivity contribution in [3.05, 3.63) is 30.3 Å². The summed E-state index contributed by atoms with van der Waals surface area (Å²) in [6.07, 6.45) is 3.90. The number of hydrogen-bond donors (Lipinski definition) is 0. The van der Waals surface area contributed by atoms with Gasteiger partial charge in [0.25, 0.3) is 0 Å². The molecule has 1 aliphatic heterocycles. The van der Waals surface area contributed by atoms with E-state index >= 15 is 0 Å². The van der Waals surface area contributed by atoms with E-state index in [2.05, 4.69) is 62.9 Å². The standard InChI is InChI=1S/C15H23N.Na.H/c1-14(2)11-8-12-15(3,4)16(14)13-9-6-5-7-10-13;;/h5-7,9-10H,8,11-12H2,1-4H3;;. The second kappa shape index (κ2) is 5.34. The molecule has 0 radical (unpaired) electrons. The zero-order valence-corrected chi connectivity index (χ0v) is 11.0. The zero-order chi connectivity index (χ0) is 11.8. The molecule has 0 N–H and O–H groups in total. The van der Waals surface area contributed by atoms with Crippen LogP contribution in [-0.2, 0) is 0 Å². The first-order chi connectivity index (χ1) is 7.43. The van der Waals surface area contributed by atoms with Gasteiger partial charge in [-0.05, 0) is 59.1 Å². The molecule has 1 aliphatic rings. The van der Waals surface area contributed by atoms with E-state index < -0.39 is 0 Å². The third kappa shape index (κ3) is 3.07. The van der Waals surface area contributed by atoms with E-state index in [4.69, 9.17) is 0 Å². The number of hydrogen-bond acceptors (Lipinski definition) is 1. The second-order valence-corrected chi connectivity index (χ2v) is 6.15. The molecule has 1 aromatic carbocycles. The first kappa shape index (κ1) is 15.1. The Labute approximate surface area is 128 Å². The van der Waals surface area contributed by atoms with Crippen molar-refractivity contribution in [2.75, 3.05) is 4.90 Å². The molecule has 0 unspecified atom stereocenters. The summed E-state index contributed by atoms with van der Waals surface area (Å²) in [7, 11) is 0. The second-order valence-electron chi connectivity index (χ2n) is 6.15. The van der Waals surface area contributed by atoms with Crippen LogP contribution in [0.2, 0.25) is 0 Å². The summed E-state index contributed by atoms with van der Waals surface area (Å²) >= 11 is 0. The van der Waals surface area contributed by atoms with Gasteiger partial charge in [0.05, 0.1) is 0 Å². The van der Waals surface area contributed by atoms with Crippen LogP contribution in [0.5, 0.6) is 0 Å². The van der Waals surface area contributed by atoms with Crippen LogP contribution < -0.4 is 4.90 Å². The van der Waals surface area contributed by atoms with Gasteiger partial charge >= 0.3 is 29.6 Å². The Morgan fingerprint density at radius 2 is 1.35 bits per heavy atom. The number of anilines is 1. The first-order valence-corrected chi connectivity index (χ1v) is 6.29. The van der Waals surface area contributed by atoms with Crippen molar-refractivity contribution in [3.8, 4) is 0 Å². The SMILES string of the molecule is CC1(C)CCCC(C)(C)N1c1ccccc1.[NaH]. The molecule has 0 aromatic heterocycles. The topological polar surface area (TPSA) is 3.24 Å². The molecule has 0 saturated carbocycles. The number of piperidine rings is 1. The Morgan fingerprint density at radius 1 is 0.882 bits per heavy atom. The number of benzene rings is 1. The predicted molar refractivity (Wildman–Crippen MR) is 78.1 cm³/mol. The molecule has 1 heterocycles. The van der Waals surface area contributed by atoms with Crippen LogP contribution in [0, 0.1) is 0 Å². The number of para-hydroxylation sites is 1. The molecule has 1 fully saturated rings. The van der Waals surface area contributed by atoms with Gasteiger partial charge in [-0.3, -0.25) is 0 Å². The molecule has 1 aromatic rings.